The molecule has 2 aliphatic carbocycles. The smallest absolute Gasteiger partial charge is 0.324 e. The van der Waals surface area contributed by atoms with Gasteiger partial charge in [0.15, 0.2) is 0 Å². The first-order chi connectivity index (χ1) is 9.56. The van der Waals surface area contributed by atoms with Crippen LogP contribution in [0, 0.1) is 11.3 Å². The minimum Gasteiger partial charge on any atom is -0.480 e. The van der Waals surface area contributed by atoms with Gasteiger partial charge in [0.05, 0.1) is 0 Å². The number of carboxylic acids is 1. The predicted molar refractivity (Wildman–Crippen MR) is 79.7 cm³/mol. The molecule has 2 unspecified atom stereocenters. The lowest BCUT2D eigenvalue weighted by molar-refractivity contribution is -0.170. The lowest BCUT2D eigenvalue weighted by atomic mass is 9.67. The first-order valence-corrected chi connectivity index (χ1v) is 8.55. The van der Waals surface area contributed by atoms with E-state index in [0.29, 0.717) is 11.3 Å². The van der Waals surface area contributed by atoms with Crippen molar-refractivity contribution < 1.29 is 9.90 Å². The number of carbonyl (C=O) groups is 1. The Bertz CT molecular complexity index is 365. The average Bonchev–Trinajstić information content (AvgIpc) is 2.62. The molecule has 3 heteroatoms. The Morgan fingerprint density at radius 3 is 2.25 bits per heavy atom. The van der Waals surface area contributed by atoms with Crippen molar-refractivity contribution in [2.45, 2.75) is 76.7 Å². The summed E-state index contributed by atoms with van der Waals surface area (Å²) < 4.78 is 0. The van der Waals surface area contributed by atoms with Crippen LogP contribution in [0.2, 0.25) is 0 Å². The zero-order chi connectivity index (χ0) is 14.2. The molecule has 3 fully saturated rings. The Kier molecular flexibility index (Phi) is 3.83. The summed E-state index contributed by atoms with van der Waals surface area (Å²) in [6.45, 7) is 4.32. The van der Waals surface area contributed by atoms with E-state index in [0.717, 1.165) is 32.4 Å². The number of hydrogen-bond acceptors (Lipinski definition) is 2. The van der Waals surface area contributed by atoms with E-state index in [2.05, 4.69) is 11.8 Å². The first kappa shape index (κ1) is 14.4. The number of hydrogen-bond donors (Lipinski definition) is 1. The average molecular weight is 279 g/mol. The van der Waals surface area contributed by atoms with Crippen molar-refractivity contribution in [3.63, 3.8) is 0 Å². The highest BCUT2D eigenvalue weighted by Crippen LogP contribution is 2.49. The Labute approximate surface area is 122 Å². The highest BCUT2D eigenvalue weighted by molar-refractivity contribution is 5.79. The maximum atomic E-state index is 12.0. The fourth-order valence-corrected chi connectivity index (χ4v) is 5.00. The van der Waals surface area contributed by atoms with E-state index in [4.69, 9.17) is 0 Å². The molecule has 3 rings (SSSR count). The van der Waals surface area contributed by atoms with Crippen LogP contribution in [0.1, 0.15) is 71.1 Å². The van der Waals surface area contributed by atoms with E-state index in [1.807, 2.05) is 0 Å². The summed E-state index contributed by atoms with van der Waals surface area (Å²) in [4.78, 5) is 14.3. The third kappa shape index (κ3) is 2.38. The standard InChI is InChI=1S/C17H29NO2/c1-14-7-6-10-17(11-14,15(19)20)18-12-16(13-18)8-4-2-3-5-9-16/h14H,2-13H2,1H3,(H,19,20). The van der Waals surface area contributed by atoms with Gasteiger partial charge in [-0.1, -0.05) is 45.4 Å². The highest BCUT2D eigenvalue weighted by atomic mass is 16.4. The summed E-state index contributed by atoms with van der Waals surface area (Å²) in [5.74, 6) is -0.00180. The van der Waals surface area contributed by atoms with Crippen LogP contribution in [0.3, 0.4) is 0 Å². The van der Waals surface area contributed by atoms with Crippen LogP contribution < -0.4 is 0 Å². The fourth-order valence-electron chi connectivity index (χ4n) is 5.00. The van der Waals surface area contributed by atoms with Gasteiger partial charge in [-0.05, 0) is 37.0 Å². The van der Waals surface area contributed by atoms with E-state index < -0.39 is 11.5 Å². The summed E-state index contributed by atoms with van der Waals surface area (Å²) in [5, 5.41) is 9.84. The largest absolute Gasteiger partial charge is 0.480 e. The molecule has 0 aromatic carbocycles. The van der Waals surface area contributed by atoms with Gasteiger partial charge in [-0.3, -0.25) is 9.69 Å². The van der Waals surface area contributed by atoms with Crippen LogP contribution in [0.4, 0.5) is 0 Å². The van der Waals surface area contributed by atoms with Crippen LogP contribution >= 0.6 is 0 Å². The van der Waals surface area contributed by atoms with Gasteiger partial charge in [-0.2, -0.15) is 0 Å². The molecule has 2 saturated carbocycles. The second-order valence-corrected chi connectivity index (χ2v) is 7.81. The Morgan fingerprint density at radius 1 is 1.05 bits per heavy atom. The number of likely N-dealkylation sites (tertiary alicyclic amines) is 1. The summed E-state index contributed by atoms with van der Waals surface area (Å²) in [5.41, 5.74) is -0.0607. The second-order valence-electron chi connectivity index (χ2n) is 7.81. The molecule has 20 heavy (non-hydrogen) atoms. The van der Waals surface area contributed by atoms with E-state index in [9.17, 15) is 9.90 Å². The van der Waals surface area contributed by atoms with Crippen molar-refractivity contribution >= 4 is 5.97 Å². The van der Waals surface area contributed by atoms with Crippen LogP contribution in [-0.4, -0.2) is 34.6 Å². The van der Waals surface area contributed by atoms with E-state index in [-0.39, 0.29) is 0 Å². The molecule has 114 valence electrons. The van der Waals surface area contributed by atoms with Crippen molar-refractivity contribution in [3.8, 4) is 0 Å². The quantitative estimate of drug-likeness (QED) is 0.838. The van der Waals surface area contributed by atoms with Gasteiger partial charge in [-0.15, -0.1) is 0 Å². The Balaban J connectivity index is 1.70. The lowest BCUT2D eigenvalue weighted by Crippen LogP contribution is -2.69. The molecule has 1 spiro atoms. The summed E-state index contributed by atoms with van der Waals surface area (Å²) in [6, 6.07) is 0. The summed E-state index contributed by atoms with van der Waals surface area (Å²) in [6.07, 6.45) is 12.1. The molecule has 2 atom stereocenters. The highest BCUT2D eigenvalue weighted by Gasteiger charge is 2.55. The van der Waals surface area contributed by atoms with Crippen LogP contribution in [0.5, 0.6) is 0 Å². The third-order valence-electron chi connectivity index (χ3n) is 6.19. The monoisotopic (exact) mass is 279 g/mol. The number of rotatable bonds is 2. The Morgan fingerprint density at radius 2 is 1.70 bits per heavy atom. The second kappa shape index (κ2) is 5.32. The first-order valence-electron chi connectivity index (χ1n) is 8.55. The molecule has 3 aliphatic rings. The van der Waals surface area contributed by atoms with E-state index in [1.165, 1.54) is 44.9 Å². The van der Waals surface area contributed by atoms with Crippen molar-refractivity contribution in [2.75, 3.05) is 13.1 Å². The molecule has 1 N–H and O–H groups in total. The van der Waals surface area contributed by atoms with Crippen molar-refractivity contribution in [2.24, 2.45) is 11.3 Å². The van der Waals surface area contributed by atoms with Crippen molar-refractivity contribution in [1.29, 1.82) is 0 Å². The van der Waals surface area contributed by atoms with Gasteiger partial charge in [0.25, 0.3) is 0 Å². The Hall–Kier alpha value is -0.570. The zero-order valence-corrected chi connectivity index (χ0v) is 12.9. The van der Waals surface area contributed by atoms with Crippen LogP contribution in [-0.2, 0) is 4.79 Å². The van der Waals surface area contributed by atoms with Crippen molar-refractivity contribution in [1.82, 2.24) is 4.90 Å². The van der Waals surface area contributed by atoms with E-state index >= 15 is 0 Å². The molecule has 1 heterocycles. The van der Waals surface area contributed by atoms with Gasteiger partial charge < -0.3 is 5.11 Å². The zero-order valence-electron chi connectivity index (χ0n) is 12.9. The van der Waals surface area contributed by atoms with Crippen LogP contribution in [0.15, 0.2) is 0 Å². The third-order valence-corrected chi connectivity index (χ3v) is 6.19. The molecule has 1 saturated heterocycles. The predicted octanol–water partition coefficient (Wildman–Crippen LogP) is 3.68. The molecular weight excluding hydrogens is 250 g/mol. The van der Waals surface area contributed by atoms with Gasteiger partial charge in [-0.25, -0.2) is 0 Å². The summed E-state index contributed by atoms with van der Waals surface area (Å²) in [7, 11) is 0. The minimum absolute atomic E-state index is 0.472. The topological polar surface area (TPSA) is 40.5 Å². The van der Waals surface area contributed by atoms with E-state index in [1.54, 1.807) is 0 Å². The van der Waals surface area contributed by atoms with Gasteiger partial charge in [0, 0.05) is 13.1 Å². The molecule has 0 bridgehead atoms. The maximum absolute atomic E-state index is 12.0. The molecule has 0 aromatic heterocycles. The minimum atomic E-state index is -0.562. The molecule has 0 amide bonds. The maximum Gasteiger partial charge on any atom is 0.324 e. The molecule has 0 aromatic rings. The van der Waals surface area contributed by atoms with Crippen molar-refractivity contribution in [3.05, 3.63) is 0 Å². The number of nitrogens with zero attached hydrogens (tertiary/aromatic N) is 1. The summed E-state index contributed by atoms with van der Waals surface area (Å²) >= 11 is 0. The van der Waals surface area contributed by atoms with Gasteiger partial charge in [0.1, 0.15) is 5.54 Å². The number of aliphatic carboxylic acids is 1. The lowest BCUT2D eigenvalue weighted by Gasteiger charge is -2.58. The fraction of sp³-hybridized carbons (Fsp3) is 0.941. The molecule has 3 nitrogen and oxygen atoms in total. The number of carboxylic acid groups (broad SMARTS) is 1. The molecule has 0 radical (unpaired) electrons. The SMILES string of the molecule is CC1CCCC(C(=O)O)(N2CC3(CCCCCC3)C2)C1. The molecule has 1 aliphatic heterocycles. The normalized spacial score (nSPS) is 38.1. The van der Waals surface area contributed by atoms with Crippen LogP contribution in [0.25, 0.3) is 0 Å². The van der Waals surface area contributed by atoms with Gasteiger partial charge in [0.2, 0.25) is 0 Å². The van der Waals surface area contributed by atoms with Gasteiger partial charge >= 0.3 is 5.97 Å². The molecular formula is C17H29NO2.